The molecular weight excluding hydrogens is 312 g/mol. The number of benzene rings is 1. The van der Waals surface area contributed by atoms with E-state index in [4.69, 9.17) is 4.98 Å². The van der Waals surface area contributed by atoms with Gasteiger partial charge in [0.1, 0.15) is 5.82 Å². The van der Waals surface area contributed by atoms with Crippen LogP contribution in [0.4, 0.5) is 0 Å². The summed E-state index contributed by atoms with van der Waals surface area (Å²) in [4.78, 5) is 8.82. The van der Waals surface area contributed by atoms with Crippen molar-refractivity contribution < 1.29 is 0 Å². The Balaban J connectivity index is 1.49. The number of nitrogens with one attached hydrogen (secondary N) is 1. The highest BCUT2D eigenvalue weighted by molar-refractivity contribution is 5.35. The lowest BCUT2D eigenvalue weighted by Gasteiger charge is -2.26. The van der Waals surface area contributed by atoms with Crippen molar-refractivity contribution in [1.82, 2.24) is 29.6 Å². The maximum absolute atomic E-state index is 4.72. The van der Waals surface area contributed by atoms with Crippen molar-refractivity contribution in [3.63, 3.8) is 0 Å². The Labute approximate surface area is 147 Å². The van der Waals surface area contributed by atoms with E-state index in [-0.39, 0.29) is 12.1 Å². The summed E-state index contributed by atoms with van der Waals surface area (Å²) in [5, 5.41) is 8.34. The van der Waals surface area contributed by atoms with Gasteiger partial charge in [0.2, 0.25) is 0 Å². The van der Waals surface area contributed by atoms with Crippen LogP contribution in [0.15, 0.2) is 43.0 Å². The standard InChI is InChI=1S/C19H24N6/c1-3-18-22-19-17(5-4-11-25(19)23-18)21-14(2)15-6-8-16(9-7-15)24-12-10-20-13-24/h6-10,12-14,17,21H,3-5,11H2,1-2H3/t14-,17+/m1/s1. The van der Waals surface area contributed by atoms with Crippen LogP contribution >= 0.6 is 0 Å². The zero-order chi connectivity index (χ0) is 17.2. The zero-order valence-electron chi connectivity index (χ0n) is 14.8. The van der Waals surface area contributed by atoms with Crippen LogP contribution in [0.2, 0.25) is 0 Å². The fourth-order valence-corrected chi connectivity index (χ4v) is 3.45. The molecule has 1 aliphatic heterocycles. The molecular formula is C19H24N6. The minimum atomic E-state index is 0.259. The van der Waals surface area contributed by atoms with Gasteiger partial charge in [0, 0.05) is 37.1 Å². The highest BCUT2D eigenvalue weighted by Crippen LogP contribution is 2.27. The molecule has 0 fully saturated rings. The zero-order valence-corrected chi connectivity index (χ0v) is 14.8. The Bertz CT molecular complexity index is 818. The van der Waals surface area contributed by atoms with Crippen molar-refractivity contribution in [3.05, 3.63) is 60.2 Å². The minimum absolute atomic E-state index is 0.259. The number of aryl methyl sites for hydroxylation is 2. The van der Waals surface area contributed by atoms with Crippen LogP contribution in [0.1, 0.15) is 56.0 Å². The fraction of sp³-hybridized carbons (Fsp3) is 0.421. The second-order valence-corrected chi connectivity index (χ2v) is 6.61. The summed E-state index contributed by atoms with van der Waals surface area (Å²) >= 11 is 0. The lowest BCUT2D eigenvalue weighted by molar-refractivity contribution is 0.344. The molecule has 1 aliphatic rings. The molecule has 2 aromatic heterocycles. The lowest BCUT2D eigenvalue weighted by Crippen LogP contribution is -2.30. The third kappa shape index (κ3) is 3.22. The first-order chi connectivity index (χ1) is 12.2. The molecule has 0 bridgehead atoms. The number of hydrogen-bond acceptors (Lipinski definition) is 4. The average molecular weight is 336 g/mol. The van der Waals surface area contributed by atoms with Crippen molar-refractivity contribution in [3.8, 4) is 5.69 Å². The van der Waals surface area contributed by atoms with Crippen molar-refractivity contribution in [2.24, 2.45) is 0 Å². The molecule has 0 amide bonds. The maximum atomic E-state index is 4.72. The van der Waals surface area contributed by atoms with Gasteiger partial charge in [-0.3, -0.25) is 0 Å². The first-order valence-electron chi connectivity index (χ1n) is 9.02. The highest BCUT2D eigenvalue weighted by Gasteiger charge is 2.25. The molecule has 0 unspecified atom stereocenters. The molecule has 1 aromatic carbocycles. The predicted octanol–water partition coefficient (Wildman–Crippen LogP) is 3.21. The number of nitrogens with zero attached hydrogens (tertiary/aromatic N) is 5. The van der Waals surface area contributed by atoms with Crippen LogP contribution in [0.25, 0.3) is 5.69 Å². The van der Waals surface area contributed by atoms with Crippen molar-refractivity contribution in [1.29, 1.82) is 0 Å². The number of hydrogen-bond donors (Lipinski definition) is 1. The van der Waals surface area contributed by atoms with Crippen LogP contribution in [0, 0.1) is 0 Å². The fourth-order valence-electron chi connectivity index (χ4n) is 3.45. The van der Waals surface area contributed by atoms with Gasteiger partial charge in [-0.2, -0.15) is 5.10 Å². The highest BCUT2D eigenvalue weighted by atomic mass is 15.4. The third-order valence-corrected chi connectivity index (χ3v) is 4.88. The SMILES string of the molecule is CCc1nc2n(n1)CCC[C@@H]2N[C@H](C)c1ccc(-n2ccnc2)cc1. The van der Waals surface area contributed by atoms with E-state index >= 15 is 0 Å². The second kappa shape index (κ2) is 6.80. The maximum Gasteiger partial charge on any atom is 0.150 e. The summed E-state index contributed by atoms with van der Waals surface area (Å²) in [6.45, 7) is 5.30. The topological polar surface area (TPSA) is 60.6 Å². The third-order valence-electron chi connectivity index (χ3n) is 4.88. The van der Waals surface area contributed by atoms with Gasteiger partial charge in [0.05, 0.1) is 12.4 Å². The smallest absolute Gasteiger partial charge is 0.150 e. The number of aromatic nitrogens is 5. The molecule has 25 heavy (non-hydrogen) atoms. The normalized spacial score (nSPS) is 18.1. The van der Waals surface area contributed by atoms with Crippen molar-refractivity contribution in [2.45, 2.75) is 51.7 Å². The van der Waals surface area contributed by atoms with Gasteiger partial charge in [-0.1, -0.05) is 19.1 Å². The molecule has 0 aliphatic carbocycles. The van der Waals surface area contributed by atoms with E-state index in [1.165, 1.54) is 5.56 Å². The van der Waals surface area contributed by atoms with Crippen LogP contribution < -0.4 is 5.32 Å². The molecule has 0 radical (unpaired) electrons. The molecule has 6 nitrogen and oxygen atoms in total. The average Bonchev–Trinajstić information content (AvgIpc) is 3.32. The largest absolute Gasteiger partial charge is 0.306 e. The van der Waals surface area contributed by atoms with E-state index in [0.29, 0.717) is 0 Å². The van der Waals surface area contributed by atoms with Gasteiger partial charge in [-0.25, -0.2) is 14.6 Å². The van der Waals surface area contributed by atoms with Crippen LogP contribution in [-0.4, -0.2) is 24.3 Å². The van der Waals surface area contributed by atoms with E-state index in [9.17, 15) is 0 Å². The minimum Gasteiger partial charge on any atom is -0.306 e. The molecule has 2 atom stereocenters. The van der Waals surface area contributed by atoms with Gasteiger partial charge in [-0.15, -0.1) is 0 Å². The van der Waals surface area contributed by atoms with E-state index in [0.717, 1.165) is 43.1 Å². The summed E-state index contributed by atoms with van der Waals surface area (Å²) < 4.78 is 4.09. The van der Waals surface area contributed by atoms with Crippen LogP contribution in [0.3, 0.4) is 0 Å². The quantitative estimate of drug-likeness (QED) is 0.777. The number of fused-ring (bicyclic) bond motifs is 1. The van der Waals surface area contributed by atoms with E-state index in [1.807, 2.05) is 17.1 Å². The van der Waals surface area contributed by atoms with E-state index in [1.54, 1.807) is 6.20 Å². The molecule has 3 heterocycles. The number of rotatable bonds is 5. The van der Waals surface area contributed by atoms with Gasteiger partial charge < -0.3 is 9.88 Å². The lowest BCUT2D eigenvalue weighted by atomic mass is 10.0. The molecule has 0 saturated carbocycles. The van der Waals surface area contributed by atoms with E-state index < -0.39 is 0 Å². The molecule has 4 rings (SSSR count). The molecule has 0 saturated heterocycles. The van der Waals surface area contributed by atoms with Gasteiger partial charge in [-0.05, 0) is 37.5 Å². The van der Waals surface area contributed by atoms with Crippen molar-refractivity contribution >= 4 is 0 Å². The Morgan fingerprint density at radius 1 is 1.28 bits per heavy atom. The molecule has 6 heteroatoms. The summed E-state index contributed by atoms with van der Waals surface area (Å²) in [6, 6.07) is 9.15. The van der Waals surface area contributed by atoms with Crippen LogP contribution in [0.5, 0.6) is 0 Å². The first-order valence-corrected chi connectivity index (χ1v) is 9.02. The predicted molar refractivity (Wildman–Crippen MR) is 96.5 cm³/mol. The summed E-state index contributed by atoms with van der Waals surface area (Å²) in [5.41, 5.74) is 2.40. The van der Waals surface area contributed by atoms with E-state index in [2.05, 4.69) is 58.2 Å². The summed E-state index contributed by atoms with van der Waals surface area (Å²) in [5.74, 6) is 2.03. The Kier molecular flexibility index (Phi) is 4.36. The van der Waals surface area contributed by atoms with Gasteiger partial charge >= 0.3 is 0 Å². The molecule has 130 valence electrons. The molecule has 3 aromatic rings. The molecule has 1 N–H and O–H groups in total. The Morgan fingerprint density at radius 3 is 2.84 bits per heavy atom. The van der Waals surface area contributed by atoms with Gasteiger partial charge in [0.25, 0.3) is 0 Å². The molecule has 0 spiro atoms. The Morgan fingerprint density at radius 2 is 2.12 bits per heavy atom. The second-order valence-electron chi connectivity index (χ2n) is 6.61. The summed E-state index contributed by atoms with van der Waals surface area (Å²) in [6.07, 6.45) is 8.70. The summed E-state index contributed by atoms with van der Waals surface area (Å²) in [7, 11) is 0. The van der Waals surface area contributed by atoms with Gasteiger partial charge in [0.15, 0.2) is 5.82 Å². The first kappa shape index (κ1) is 16.0. The van der Waals surface area contributed by atoms with Crippen LogP contribution in [-0.2, 0) is 13.0 Å². The monoisotopic (exact) mass is 336 g/mol. The Hall–Kier alpha value is -2.47. The number of imidazole rings is 1. The van der Waals surface area contributed by atoms with Crippen molar-refractivity contribution in [2.75, 3.05) is 0 Å².